The van der Waals surface area contributed by atoms with Gasteiger partial charge in [0.2, 0.25) is 5.91 Å². The molecule has 2 rings (SSSR count). The highest BCUT2D eigenvalue weighted by Crippen LogP contribution is 2.23. The number of nitrogens with zero attached hydrogens (tertiary/aromatic N) is 1. The first-order chi connectivity index (χ1) is 14.0. The van der Waals surface area contributed by atoms with Gasteiger partial charge in [0.1, 0.15) is 0 Å². The van der Waals surface area contributed by atoms with Crippen LogP contribution in [0.25, 0.3) is 0 Å². The molecule has 0 aliphatic heterocycles. The topological polar surface area (TPSA) is 91.5 Å². The van der Waals surface area contributed by atoms with Gasteiger partial charge in [-0.05, 0) is 65.3 Å². The first-order valence-corrected chi connectivity index (χ1v) is 9.87. The second-order valence-electron chi connectivity index (χ2n) is 7.89. The van der Waals surface area contributed by atoms with Crippen molar-refractivity contribution in [2.75, 3.05) is 26.0 Å². The number of likely N-dealkylation sites (N-methyl/N-ethyl adjacent to an activating group) is 1. The first kappa shape index (κ1) is 23.3. The molecule has 1 unspecified atom stereocenters. The minimum Gasteiger partial charge on any atom is -0.465 e. The van der Waals surface area contributed by atoms with Gasteiger partial charge in [-0.25, -0.2) is 4.79 Å². The summed E-state index contributed by atoms with van der Waals surface area (Å²) in [6.45, 7) is 11.2. The van der Waals surface area contributed by atoms with E-state index in [-0.39, 0.29) is 18.2 Å². The Morgan fingerprint density at radius 3 is 2.20 bits per heavy atom. The lowest BCUT2D eigenvalue weighted by Gasteiger charge is -2.23. The van der Waals surface area contributed by atoms with E-state index >= 15 is 0 Å². The summed E-state index contributed by atoms with van der Waals surface area (Å²) in [6.07, 6.45) is 0. The van der Waals surface area contributed by atoms with Gasteiger partial charge >= 0.3 is 5.97 Å². The minimum atomic E-state index is -0.557. The monoisotopic (exact) mass is 413 g/mol. The number of amides is 1. The lowest BCUT2D eigenvalue weighted by Crippen LogP contribution is -2.41. The van der Waals surface area contributed by atoms with E-state index in [1.165, 1.54) is 7.11 Å². The molecule has 0 saturated heterocycles. The Morgan fingerprint density at radius 2 is 1.67 bits per heavy atom. The Morgan fingerprint density at radius 1 is 1.10 bits per heavy atom. The smallest absolute Gasteiger partial charge is 0.339 e. The van der Waals surface area contributed by atoms with E-state index in [1.54, 1.807) is 32.7 Å². The predicted molar refractivity (Wildman–Crippen MR) is 117 cm³/mol. The molecule has 2 aromatic rings. The van der Waals surface area contributed by atoms with Crippen molar-refractivity contribution in [3.63, 3.8) is 0 Å². The molecule has 162 valence electrons. The second-order valence-corrected chi connectivity index (χ2v) is 7.89. The van der Waals surface area contributed by atoms with Crippen LogP contribution in [0.2, 0.25) is 0 Å². The van der Waals surface area contributed by atoms with Crippen LogP contribution >= 0.6 is 0 Å². The molecular formula is C23H31N3O4. The van der Waals surface area contributed by atoms with Gasteiger partial charge in [0, 0.05) is 11.4 Å². The highest BCUT2D eigenvalue weighted by Gasteiger charge is 2.28. The number of hydrogen-bond acceptors (Lipinski definition) is 5. The van der Waals surface area contributed by atoms with Crippen LogP contribution in [0.3, 0.4) is 0 Å². The van der Waals surface area contributed by atoms with Crippen molar-refractivity contribution >= 4 is 23.3 Å². The van der Waals surface area contributed by atoms with E-state index in [9.17, 15) is 14.4 Å². The zero-order valence-corrected chi connectivity index (χ0v) is 19.0. The van der Waals surface area contributed by atoms with Gasteiger partial charge in [-0.1, -0.05) is 17.7 Å². The number of nitrogens with one attached hydrogen (secondary N) is 2. The zero-order chi connectivity index (χ0) is 22.7. The fraction of sp³-hybridized carbons (Fsp3) is 0.435. The summed E-state index contributed by atoms with van der Waals surface area (Å²) in [7, 11) is 3.03. The van der Waals surface area contributed by atoms with Crippen molar-refractivity contribution in [1.29, 1.82) is 0 Å². The number of Topliss-reactive ketones (excluding diaryl/α,β-unsaturated/α-hetero) is 1. The highest BCUT2D eigenvalue weighted by molar-refractivity contribution is 6.04. The molecule has 7 heteroatoms. The lowest BCUT2D eigenvalue weighted by atomic mass is 10.0. The maximum Gasteiger partial charge on any atom is 0.339 e. The number of carbonyl (C=O) groups is 3. The van der Waals surface area contributed by atoms with E-state index in [2.05, 4.69) is 10.3 Å². The number of rotatable bonds is 7. The molecule has 1 amide bonds. The number of aryl methyl sites for hydroxylation is 4. The number of esters is 1. The van der Waals surface area contributed by atoms with Crippen LogP contribution in [0.5, 0.6) is 0 Å². The SMILES string of the molecule is COC(=O)c1c(C)[nH]c(C(=O)C(C)N(C)CC(=O)Nc2c(C)cc(C)cc2C)c1C. The van der Waals surface area contributed by atoms with E-state index in [0.717, 1.165) is 22.4 Å². The predicted octanol–water partition coefficient (Wildman–Crippen LogP) is 3.49. The molecule has 0 radical (unpaired) electrons. The molecule has 1 aromatic carbocycles. The molecular weight excluding hydrogens is 382 g/mol. The molecule has 2 N–H and O–H groups in total. The van der Waals surface area contributed by atoms with Crippen LogP contribution in [0.15, 0.2) is 12.1 Å². The highest BCUT2D eigenvalue weighted by atomic mass is 16.5. The van der Waals surface area contributed by atoms with Crippen LogP contribution in [-0.2, 0) is 9.53 Å². The number of H-pyrrole nitrogens is 1. The Bertz CT molecular complexity index is 968. The number of ether oxygens (including phenoxy) is 1. The fourth-order valence-corrected chi connectivity index (χ4v) is 3.73. The van der Waals surface area contributed by atoms with Crippen molar-refractivity contribution in [3.8, 4) is 0 Å². The zero-order valence-electron chi connectivity index (χ0n) is 19.0. The molecule has 0 saturated carbocycles. The summed E-state index contributed by atoms with van der Waals surface area (Å²) < 4.78 is 4.80. The number of carbonyl (C=O) groups excluding carboxylic acids is 3. The number of ketones is 1. The Kier molecular flexibility index (Phi) is 7.21. The van der Waals surface area contributed by atoms with E-state index in [0.29, 0.717) is 22.5 Å². The van der Waals surface area contributed by atoms with Crippen molar-refractivity contribution in [2.24, 2.45) is 0 Å². The molecule has 1 aromatic heterocycles. The third-order valence-electron chi connectivity index (χ3n) is 5.45. The Labute approximate surface area is 177 Å². The maximum atomic E-state index is 13.0. The second kappa shape index (κ2) is 9.26. The van der Waals surface area contributed by atoms with E-state index in [1.807, 2.05) is 32.9 Å². The average Bonchev–Trinajstić information content (AvgIpc) is 2.96. The molecule has 1 heterocycles. The van der Waals surface area contributed by atoms with E-state index < -0.39 is 12.0 Å². The van der Waals surface area contributed by atoms with Gasteiger partial charge in [0.05, 0.1) is 31.0 Å². The molecule has 0 aliphatic carbocycles. The number of benzene rings is 1. The van der Waals surface area contributed by atoms with Crippen molar-refractivity contribution in [2.45, 2.75) is 47.6 Å². The lowest BCUT2D eigenvalue weighted by molar-refractivity contribution is -0.117. The number of aromatic amines is 1. The Hall–Kier alpha value is -2.93. The van der Waals surface area contributed by atoms with Crippen LogP contribution in [0.1, 0.15) is 55.7 Å². The summed E-state index contributed by atoms with van der Waals surface area (Å²) in [5.41, 5.74) is 5.82. The number of methoxy groups -OCH3 is 1. The summed E-state index contributed by atoms with van der Waals surface area (Å²) in [4.78, 5) is 42.3. The minimum absolute atomic E-state index is 0.0578. The molecule has 0 fully saturated rings. The molecule has 0 bridgehead atoms. The van der Waals surface area contributed by atoms with Crippen molar-refractivity contribution in [1.82, 2.24) is 9.88 Å². The van der Waals surface area contributed by atoms with Crippen LogP contribution in [0.4, 0.5) is 5.69 Å². The van der Waals surface area contributed by atoms with Gasteiger partial charge in [0.15, 0.2) is 5.78 Å². The van der Waals surface area contributed by atoms with Crippen molar-refractivity contribution < 1.29 is 19.1 Å². The fourth-order valence-electron chi connectivity index (χ4n) is 3.73. The van der Waals surface area contributed by atoms with E-state index in [4.69, 9.17) is 4.74 Å². The molecule has 7 nitrogen and oxygen atoms in total. The number of anilines is 1. The number of aromatic nitrogens is 1. The molecule has 0 aliphatic rings. The average molecular weight is 414 g/mol. The normalized spacial score (nSPS) is 12.0. The Balaban J connectivity index is 2.13. The van der Waals surface area contributed by atoms with Crippen LogP contribution in [0, 0.1) is 34.6 Å². The largest absolute Gasteiger partial charge is 0.465 e. The quantitative estimate of drug-likeness (QED) is 0.536. The molecule has 30 heavy (non-hydrogen) atoms. The number of hydrogen-bond donors (Lipinski definition) is 2. The summed E-state index contributed by atoms with van der Waals surface area (Å²) in [6, 6.07) is 3.49. The first-order valence-electron chi connectivity index (χ1n) is 9.87. The standard InChI is InChI=1S/C23H31N3O4/c1-12-9-13(2)20(14(3)10-12)25-18(27)11-26(7)17(6)22(28)21-15(4)19(16(5)24-21)23(29)30-8/h9-10,17,24H,11H2,1-8H3,(H,25,27). The summed E-state index contributed by atoms with van der Waals surface area (Å²) in [5.74, 6) is -0.866. The maximum absolute atomic E-state index is 13.0. The van der Waals surface area contributed by atoms with Gasteiger partial charge in [0.25, 0.3) is 0 Å². The third-order valence-corrected chi connectivity index (χ3v) is 5.45. The third kappa shape index (κ3) is 4.79. The summed E-state index contributed by atoms with van der Waals surface area (Å²) >= 11 is 0. The van der Waals surface area contributed by atoms with Crippen LogP contribution in [-0.4, -0.2) is 54.3 Å². The van der Waals surface area contributed by atoms with Gasteiger partial charge in [-0.2, -0.15) is 0 Å². The van der Waals surface area contributed by atoms with Gasteiger partial charge < -0.3 is 15.0 Å². The summed E-state index contributed by atoms with van der Waals surface area (Å²) in [5, 5.41) is 2.96. The van der Waals surface area contributed by atoms with Gasteiger partial charge in [-0.15, -0.1) is 0 Å². The van der Waals surface area contributed by atoms with Crippen molar-refractivity contribution in [3.05, 3.63) is 51.3 Å². The molecule has 1 atom stereocenters. The molecule has 0 spiro atoms. The van der Waals surface area contributed by atoms with Crippen LogP contribution < -0.4 is 5.32 Å². The van der Waals surface area contributed by atoms with Gasteiger partial charge in [-0.3, -0.25) is 14.5 Å².